The smallest absolute Gasteiger partial charge is 0.339 e. The lowest BCUT2D eigenvalue weighted by Gasteiger charge is -2.29. The van der Waals surface area contributed by atoms with Crippen molar-refractivity contribution in [1.29, 1.82) is 0 Å². The second-order valence-electron chi connectivity index (χ2n) is 12.3. The number of carboxylic acid groups (broad SMARTS) is 1. The molecule has 1 fully saturated rings. The fourth-order valence-corrected chi connectivity index (χ4v) is 6.22. The molecule has 6 rings (SSSR count). The number of carboxylic acids is 1. The molecular formula is C34H38N6O3. The molecule has 1 aliphatic carbocycles. The van der Waals surface area contributed by atoms with Gasteiger partial charge in [0.2, 0.25) is 0 Å². The van der Waals surface area contributed by atoms with Crippen molar-refractivity contribution in [3.8, 4) is 22.6 Å². The first kappa shape index (κ1) is 28.5. The van der Waals surface area contributed by atoms with Crippen LogP contribution in [0.5, 0.6) is 5.75 Å². The lowest BCUT2D eigenvalue weighted by molar-refractivity contribution is 0.0680. The van der Waals surface area contributed by atoms with Crippen LogP contribution in [0.1, 0.15) is 53.4 Å². The molecular weight excluding hydrogens is 540 g/mol. The van der Waals surface area contributed by atoms with Gasteiger partial charge in [-0.2, -0.15) is 5.10 Å². The standard InChI is InChI=1S/C34H38N6O3/c1-34(2)21-39(19-25-9-4-5-13-31(25)43-34)18-22-8-6-10-23(14-22)24-11-7-12-26(15-24)40-32(29(17-37-40)33(41)42)28-16-27(28)30(35)20-38(3)36/h4-15,17,20,27-28H,16,18-19,21,35-36H2,1-3H3,(H,41,42)/b30-20-/t27?,28-/m1/s1. The van der Waals surface area contributed by atoms with Crippen molar-refractivity contribution in [1.82, 2.24) is 19.7 Å². The minimum Gasteiger partial charge on any atom is -0.486 e. The van der Waals surface area contributed by atoms with Crippen molar-refractivity contribution in [3.05, 3.63) is 113 Å². The van der Waals surface area contributed by atoms with Gasteiger partial charge < -0.3 is 20.6 Å². The normalized spacial score (nSPS) is 19.7. The van der Waals surface area contributed by atoms with Crippen molar-refractivity contribution in [2.75, 3.05) is 13.6 Å². The van der Waals surface area contributed by atoms with E-state index >= 15 is 0 Å². The molecule has 2 atom stereocenters. The molecule has 1 aromatic heterocycles. The summed E-state index contributed by atoms with van der Waals surface area (Å²) in [5, 5.41) is 15.9. The van der Waals surface area contributed by atoms with Gasteiger partial charge in [-0.25, -0.2) is 15.3 Å². The highest BCUT2D eigenvalue weighted by molar-refractivity contribution is 5.89. The van der Waals surface area contributed by atoms with E-state index < -0.39 is 5.97 Å². The maximum Gasteiger partial charge on any atom is 0.339 e. The van der Waals surface area contributed by atoms with Gasteiger partial charge in [0.1, 0.15) is 16.9 Å². The largest absolute Gasteiger partial charge is 0.486 e. The van der Waals surface area contributed by atoms with Gasteiger partial charge in [0.15, 0.2) is 0 Å². The number of hydrogen-bond acceptors (Lipinski definition) is 7. The van der Waals surface area contributed by atoms with Gasteiger partial charge in [-0.05, 0) is 61.2 Å². The first-order chi connectivity index (χ1) is 20.6. The second-order valence-corrected chi connectivity index (χ2v) is 12.3. The highest BCUT2D eigenvalue weighted by Crippen LogP contribution is 2.52. The fourth-order valence-electron chi connectivity index (χ4n) is 6.22. The molecule has 222 valence electrons. The van der Waals surface area contributed by atoms with Gasteiger partial charge >= 0.3 is 5.97 Å². The van der Waals surface area contributed by atoms with Gasteiger partial charge in [0.05, 0.1) is 17.6 Å². The van der Waals surface area contributed by atoms with E-state index in [1.807, 2.05) is 24.3 Å². The number of aromatic nitrogens is 2. The number of carbonyl (C=O) groups is 1. The SMILES string of the molecule is CN(N)/C=C(\N)C1C[C@H]1c1c(C(=O)O)cnn1-c1cccc(-c2cccc(CN3Cc4ccccc4OC(C)(C)C3)c2)c1. The summed E-state index contributed by atoms with van der Waals surface area (Å²) in [5.41, 5.74) is 12.8. The summed E-state index contributed by atoms with van der Waals surface area (Å²) in [6.45, 7) is 6.68. The molecule has 0 amide bonds. The van der Waals surface area contributed by atoms with Crippen LogP contribution in [0.2, 0.25) is 0 Å². The van der Waals surface area contributed by atoms with Crippen LogP contribution in [0.4, 0.5) is 0 Å². The Morgan fingerprint density at radius 3 is 2.63 bits per heavy atom. The minimum absolute atomic E-state index is 0.0146. The lowest BCUT2D eigenvalue weighted by Crippen LogP contribution is -2.40. The van der Waals surface area contributed by atoms with Crippen LogP contribution in [0.15, 0.2) is 90.9 Å². The summed E-state index contributed by atoms with van der Waals surface area (Å²) >= 11 is 0. The van der Waals surface area contributed by atoms with Gasteiger partial charge in [-0.3, -0.25) is 4.90 Å². The zero-order chi connectivity index (χ0) is 30.3. The van der Waals surface area contributed by atoms with Crippen LogP contribution in [0.3, 0.4) is 0 Å². The summed E-state index contributed by atoms with van der Waals surface area (Å²) in [4.78, 5) is 14.6. The Bertz CT molecular complexity index is 1690. The molecule has 43 heavy (non-hydrogen) atoms. The highest BCUT2D eigenvalue weighted by atomic mass is 16.5. The number of benzene rings is 3. The number of fused-ring (bicyclic) bond motifs is 1. The summed E-state index contributed by atoms with van der Waals surface area (Å²) in [5.74, 6) is 5.66. The molecule has 2 heterocycles. The number of para-hydroxylation sites is 1. The lowest BCUT2D eigenvalue weighted by atomic mass is 10.0. The number of nitrogens with two attached hydrogens (primary N) is 2. The van der Waals surface area contributed by atoms with Crippen molar-refractivity contribution >= 4 is 5.97 Å². The Hall–Kier alpha value is -4.60. The predicted molar refractivity (Wildman–Crippen MR) is 166 cm³/mol. The fraction of sp³-hybridized carbons (Fsp3) is 0.294. The van der Waals surface area contributed by atoms with Gasteiger partial charge in [-0.1, -0.05) is 48.5 Å². The van der Waals surface area contributed by atoms with Crippen molar-refractivity contribution < 1.29 is 14.6 Å². The van der Waals surface area contributed by atoms with Crippen LogP contribution >= 0.6 is 0 Å². The molecule has 4 aromatic rings. The molecule has 9 nitrogen and oxygen atoms in total. The van der Waals surface area contributed by atoms with E-state index in [1.165, 1.54) is 22.3 Å². The van der Waals surface area contributed by atoms with E-state index in [0.717, 1.165) is 48.6 Å². The first-order valence-corrected chi connectivity index (χ1v) is 14.5. The Kier molecular flexibility index (Phi) is 7.45. The maximum atomic E-state index is 12.1. The van der Waals surface area contributed by atoms with Crippen LogP contribution in [-0.2, 0) is 13.1 Å². The Morgan fingerprint density at radius 2 is 1.86 bits per heavy atom. The van der Waals surface area contributed by atoms with Crippen molar-refractivity contribution in [3.63, 3.8) is 0 Å². The molecule has 0 bridgehead atoms. The molecule has 3 aromatic carbocycles. The van der Waals surface area contributed by atoms with Gasteiger partial charge in [-0.15, -0.1) is 0 Å². The average molecular weight is 579 g/mol. The number of ether oxygens (including phenoxy) is 1. The Morgan fingerprint density at radius 1 is 1.12 bits per heavy atom. The topological polar surface area (TPSA) is 123 Å². The number of hydrogen-bond donors (Lipinski definition) is 3. The zero-order valence-electron chi connectivity index (χ0n) is 24.8. The number of allylic oxidation sites excluding steroid dienone is 1. The third-order valence-electron chi connectivity index (χ3n) is 8.07. The first-order valence-electron chi connectivity index (χ1n) is 14.5. The van der Waals surface area contributed by atoms with E-state index in [-0.39, 0.29) is 23.0 Å². The third-order valence-corrected chi connectivity index (χ3v) is 8.07. The molecule has 9 heteroatoms. The maximum absolute atomic E-state index is 12.1. The van der Waals surface area contributed by atoms with Crippen LogP contribution in [0.25, 0.3) is 16.8 Å². The van der Waals surface area contributed by atoms with Crippen LogP contribution in [-0.4, -0.2) is 50.0 Å². The minimum atomic E-state index is -1.00. The Labute approximate surface area is 251 Å². The van der Waals surface area contributed by atoms with Crippen LogP contribution < -0.4 is 16.3 Å². The van der Waals surface area contributed by atoms with E-state index in [1.54, 1.807) is 17.9 Å². The Balaban J connectivity index is 1.27. The predicted octanol–water partition coefficient (Wildman–Crippen LogP) is 5.12. The van der Waals surface area contributed by atoms with Gasteiger partial charge in [0.25, 0.3) is 0 Å². The van der Waals surface area contributed by atoms with Gasteiger partial charge in [0, 0.05) is 56.0 Å². The van der Waals surface area contributed by atoms with Crippen molar-refractivity contribution in [2.45, 2.75) is 44.9 Å². The van der Waals surface area contributed by atoms with E-state index in [4.69, 9.17) is 16.3 Å². The monoisotopic (exact) mass is 578 g/mol. The number of rotatable bonds is 8. The second kappa shape index (κ2) is 11.2. The number of nitrogens with zero attached hydrogens (tertiary/aromatic N) is 4. The summed E-state index contributed by atoms with van der Waals surface area (Å²) in [6, 6.07) is 24.9. The van der Waals surface area contributed by atoms with Crippen LogP contribution in [0, 0.1) is 5.92 Å². The summed E-state index contributed by atoms with van der Waals surface area (Å²) in [7, 11) is 1.71. The molecule has 0 radical (unpaired) electrons. The van der Waals surface area contributed by atoms with E-state index in [9.17, 15) is 9.90 Å². The quantitative estimate of drug-likeness (QED) is 0.195. The van der Waals surface area contributed by atoms with Crippen molar-refractivity contribution in [2.24, 2.45) is 17.5 Å². The van der Waals surface area contributed by atoms with E-state index in [0.29, 0.717) is 11.4 Å². The molecule has 0 saturated heterocycles. The number of hydrazine groups is 1. The van der Waals surface area contributed by atoms with E-state index in [2.05, 4.69) is 72.4 Å². The molecule has 1 aliphatic heterocycles. The molecule has 5 N–H and O–H groups in total. The molecule has 1 unspecified atom stereocenters. The molecule has 2 aliphatic rings. The summed E-state index contributed by atoms with van der Waals surface area (Å²) in [6.07, 6.45) is 3.85. The molecule has 1 saturated carbocycles. The third kappa shape index (κ3) is 6.14. The number of aromatic carboxylic acids is 1. The molecule has 0 spiro atoms. The summed E-state index contributed by atoms with van der Waals surface area (Å²) < 4.78 is 8.09. The zero-order valence-corrected chi connectivity index (χ0v) is 24.8. The average Bonchev–Trinajstić information content (AvgIpc) is 3.65. The highest BCUT2D eigenvalue weighted by Gasteiger charge is 2.45.